The zero-order chi connectivity index (χ0) is 21.4. The number of furan rings is 2. The van der Waals surface area contributed by atoms with E-state index >= 15 is 0 Å². The summed E-state index contributed by atoms with van der Waals surface area (Å²) in [6.45, 7) is 0. The molecule has 0 atom stereocenters. The van der Waals surface area contributed by atoms with Crippen molar-refractivity contribution in [3.05, 3.63) is 70.4 Å². The summed E-state index contributed by atoms with van der Waals surface area (Å²) in [6, 6.07) is 19.6. The van der Waals surface area contributed by atoms with Crippen LogP contribution in [0.4, 0.5) is 0 Å². The minimum absolute atomic E-state index is 0.664. The molecular weight excluding hydrogens is 440 g/mol. The Bertz CT molecular complexity index is 1690. The number of carbonyl (C=O) groups excluding carboxylic acids is 2. The second kappa shape index (κ2) is 6.38. The molecule has 0 saturated heterocycles. The second-order valence-electron chi connectivity index (χ2n) is 7.61. The monoisotopic (exact) mass is 452 g/mol. The Morgan fingerprint density at radius 3 is 1.44 bits per heavy atom. The molecule has 0 amide bonds. The molecule has 4 nitrogen and oxygen atoms in total. The molecule has 0 unspecified atom stereocenters. The van der Waals surface area contributed by atoms with Gasteiger partial charge < -0.3 is 8.83 Å². The fraction of sp³-hybridized carbons (Fsp3) is 0. The minimum atomic E-state index is 0.664. The maximum absolute atomic E-state index is 11.3. The summed E-state index contributed by atoms with van der Waals surface area (Å²) in [5.74, 6) is 1.54. The van der Waals surface area contributed by atoms with Gasteiger partial charge >= 0.3 is 0 Å². The lowest BCUT2D eigenvalue weighted by molar-refractivity contribution is 0.111. The zero-order valence-electron chi connectivity index (χ0n) is 16.4. The molecule has 0 spiro atoms. The number of hydrogen-bond acceptors (Lipinski definition) is 6. The number of fused-ring (bicyclic) bond motifs is 2. The van der Waals surface area contributed by atoms with E-state index in [-0.39, 0.29) is 0 Å². The largest absolute Gasteiger partial charge is 0.455 e. The van der Waals surface area contributed by atoms with E-state index in [4.69, 9.17) is 8.83 Å². The van der Waals surface area contributed by atoms with Crippen LogP contribution in [0.25, 0.3) is 64.8 Å². The number of carbonyl (C=O) groups is 2. The van der Waals surface area contributed by atoms with Crippen molar-refractivity contribution < 1.29 is 18.4 Å². The van der Waals surface area contributed by atoms with Crippen LogP contribution >= 0.6 is 22.7 Å². The average Bonchev–Trinajstić information content (AvgIpc) is 3.61. The van der Waals surface area contributed by atoms with Gasteiger partial charge in [0.15, 0.2) is 24.1 Å². The Morgan fingerprint density at radius 2 is 1.03 bits per heavy atom. The van der Waals surface area contributed by atoms with Gasteiger partial charge in [-0.25, -0.2) is 0 Å². The van der Waals surface area contributed by atoms with E-state index in [1.54, 1.807) is 0 Å². The van der Waals surface area contributed by atoms with Gasteiger partial charge in [0, 0.05) is 21.5 Å². The standard InChI is InChI=1S/C26H12O4S2/c27-11-13-7-9-19(31-13)25-23-15-3-1-5-17-21(15)24(16-4-2-6-18(30-25)22(16)23)26(29-17)20-10-8-14(12-28)32-20/h1-12H. The lowest BCUT2D eigenvalue weighted by Gasteiger charge is -2.05. The highest BCUT2D eigenvalue weighted by atomic mass is 32.1. The molecule has 0 aliphatic heterocycles. The molecule has 0 saturated carbocycles. The first-order valence-electron chi connectivity index (χ1n) is 9.99. The molecule has 4 heterocycles. The molecular formula is C26H12O4S2. The van der Waals surface area contributed by atoms with Crippen molar-refractivity contribution >= 4 is 78.7 Å². The van der Waals surface area contributed by atoms with Gasteiger partial charge in [-0.3, -0.25) is 9.59 Å². The van der Waals surface area contributed by atoms with Gasteiger partial charge in [0.1, 0.15) is 11.2 Å². The first kappa shape index (κ1) is 17.9. The van der Waals surface area contributed by atoms with E-state index < -0.39 is 0 Å². The maximum atomic E-state index is 11.3. The Labute approximate surface area is 188 Å². The molecule has 6 heteroatoms. The summed E-state index contributed by atoms with van der Waals surface area (Å²) < 4.78 is 12.7. The van der Waals surface area contributed by atoms with Crippen LogP contribution in [0.3, 0.4) is 0 Å². The van der Waals surface area contributed by atoms with Crippen LogP contribution < -0.4 is 0 Å². The molecule has 0 aliphatic carbocycles. The van der Waals surface area contributed by atoms with Crippen molar-refractivity contribution in [3.63, 3.8) is 0 Å². The normalized spacial score (nSPS) is 12.0. The fourth-order valence-corrected chi connectivity index (χ4v) is 6.27. The van der Waals surface area contributed by atoms with Gasteiger partial charge in [-0.15, -0.1) is 22.7 Å². The van der Waals surface area contributed by atoms with Crippen molar-refractivity contribution in [1.29, 1.82) is 0 Å². The van der Waals surface area contributed by atoms with Gasteiger partial charge in [-0.05, 0) is 47.2 Å². The quantitative estimate of drug-likeness (QED) is 0.200. The van der Waals surface area contributed by atoms with Crippen molar-refractivity contribution in [3.8, 4) is 21.3 Å². The van der Waals surface area contributed by atoms with Gasteiger partial charge in [-0.1, -0.05) is 24.3 Å². The highest BCUT2D eigenvalue weighted by Gasteiger charge is 2.25. The van der Waals surface area contributed by atoms with Crippen molar-refractivity contribution in [2.45, 2.75) is 0 Å². The molecule has 7 rings (SSSR count). The van der Waals surface area contributed by atoms with E-state index in [1.807, 2.05) is 48.5 Å². The van der Waals surface area contributed by atoms with E-state index in [2.05, 4.69) is 12.1 Å². The van der Waals surface area contributed by atoms with E-state index in [0.717, 1.165) is 77.3 Å². The summed E-state index contributed by atoms with van der Waals surface area (Å²) in [5, 5.41) is 6.23. The van der Waals surface area contributed by atoms with E-state index in [9.17, 15) is 9.59 Å². The maximum Gasteiger partial charge on any atom is 0.160 e. The third-order valence-corrected chi connectivity index (χ3v) is 7.92. The van der Waals surface area contributed by atoms with Crippen molar-refractivity contribution in [2.75, 3.05) is 0 Å². The van der Waals surface area contributed by atoms with Crippen LogP contribution in [0.2, 0.25) is 0 Å². The topological polar surface area (TPSA) is 60.4 Å². The van der Waals surface area contributed by atoms with Crippen LogP contribution in [0.1, 0.15) is 19.3 Å². The van der Waals surface area contributed by atoms with Gasteiger partial charge in [0.25, 0.3) is 0 Å². The zero-order valence-corrected chi connectivity index (χ0v) is 18.0. The SMILES string of the molecule is O=Cc1ccc(-c2oc3cccc4c5c(-c6ccc(C=O)s6)oc6cccc(c2c34)c65)s1. The smallest absolute Gasteiger partial charge is 0.160 e. The Balaban J connectivity index is 1.69. The molecule has 0 N–H and O–H groups in total. The van der Waals surface area contributed by atoms with E-state index in [1.165, 1.54) is 22.7 Å². The van der Waals surface area contributed by atoms with E-state index in [0.29, 0.717) is 9.75 Å². The summed E-state index contributed by atoms with van der Waals surface area (Å²) in [6.07, 6.45) is 1.73. The number of benzene rings is 3. The Morgan fingerprint density at radius 1 is 0.562 bits per heavy atom. The Kier molecular flexibility index (Phi) is 3.57. The van der Waals surface area contributed by atoms with Gasteiger partial charge in [0.05, 0.1) is 19.5 Å². The van der Waals surface area contributed by atoms with Gasteiger partial charge in [-0.2, -0.15) is 0 Å². The molecule has 0 fully saturated rings. The fourth-order valence-electron chi connectivity index (χ4n) is 4.65. The lowest BCUT2D eigenvalue weighted by Crippen LogP contribution is -1.81. The average molecular weight is 453 g/mol. The van der Waals surface area contributed by atoms with Crippen LogP contribution in [0, 0.1) is 0 Å². The number of rotatable bonds is 4. The summed E-state index contributed by atoms with van der Waals surface area (Å²) in [7, 11) is 0. The van der Waals surface area contributed by atoms with Gasteiger partial charge in [0.2, 0.25) is 0 Å². The lowest BCUT2D eigenvalue weighted by atomic mass is 9.94. The molecule has 0 bridgehead atoms. The first-order chi connectivity index (χ1) is 15.8. The van der Waals surface area contributed by atoms with Crippen LogP contribution in [-0.2, 0) is 0 Å². The van der Waals surface area contributed by atoms with Crippen molar-refractivity contribution in [1.82, 2.24) is 0 Å². The molecule has 32 heavy (non-hydrogen) atoms. The third-order valence-electron chi connectivity index (χ3n) is 5.90. The minimum Gasteiger partial charge on any atom is -0.455 e. The molecule has 0 radical (unpaired) electrons. The summed E-state index contributed by atoms with van der Waals surface area (Å²) >= 11 is 2.84. The number of hydrogen-bond donors (Lipinski definition) is 0. The Hall–Kier alpha value is -3.74. The summed E-state index contributed by atoms with van der Waals surface area (Å²) in [4.78, 5) is 25.7. The number of aldehydes is 2. The third kappa shape index (κ3) is 2.25. The predicted octanol–water partition coefficient (Wildman–Crippen LogP) is 8.01. The highest BCUT2D eigenvalue weighted by Crippen LogP contribution is 2.50. The second-order valence-corrected chi connectivity index (χ2v) is 9.84. The molecule has 152 valence electrons. The number of thiophene rings is 2. The van der Waals surface area contributed by atoms with Crippen LogP contribution in [0.15, 0.2) is 69.5 Å². The molecule has 4 aromatic heterocycles. The molecule has 7 aromatic rings. The predicted molar refractivity (Wildman–Crippen MR) is 130 cm³/mol. The molecule has 3 aromatic carbocycles. The van der Waals surface area contributed by atoms with Crippen molar-refractivity contribution in [2.24, 2.45) is 0 Å². The van der Waals surface area contributed by atoms with Crippen LogP contribution in [0.5, 0.6) is 0 Å². The molecule has 0 aliphatic rings. The first-order valence-corrected chi connectivity index (χ1v) is 11.6. The van der Waals surface area contributed by atoms with Crippen LogP contribution in [-0.4, -0.2) is 12.6 Å². The highest BCUT2D eigenvalue weighted by molar-refractivity contribution is 7.17. The summed E-state index contributed by atoms with van der Waals surface area (Å²) in [5.41, 5.74) is 1.59.